The molecule has 0 saturated heterocycles. The SMILES string of the molecule is CCC(C)NC(=O)C(Cc1ccccc1)N(Cc1ccccc1F)C(=O)Cc1c(Cl)cccc1Cl. The van der Waals surface area contributed by atoms with Crippen LogP contribution in [0.25, 0.3) is 0 Å². The van der Waals surface area contributed by atoms with Crippen LogP contribution in [0.15, 0.2) is 72.8 Å². The maximum atomic E-state index is 14.6. The summed E-state index contributed by atoms with van der Waals surface area (Å²) >= 11 is 12.7. The number of amides is 2. The lowest BCUT2D eigenvalue weighted by atomic mass is 10.0. The van der Waals surface area contributed by atoms with Crippen molar-refractivity contribution in [1.29, 1.82) is 0 Å². The van der Waals surface area contributed by atoms with Crippen LogP contribution in [-0.4, -0.2) is 28.8 Å². The summed E-state index contributed by atoms with van der Waals surface area (Å²) in [4.78, 5) is 28.6. The summed E-state index contributed by atoms with van der Waals surface area (Å²) in [6.07, 6.45) is 0.898. The molecule has 0 aliphatic carbocycles. The van der Waals surface area contributed by atoms with Gasteiger partial charge in [-0.05, 0) is 42.7 Å². The van der Waals surface area contributed by atoms with Crippen molar-refractivity contribution in [3.05, 3.63) is 105 Å². The molecule has 0 aliphatic rings. The van der Waals surface area contributed by atoms with Gasteiger partial charge >= 0.3 is 0 Å². The van der Waals surface area contributed by atoms with Crippen molar-refractivity contribution in [2.24, 2.45) is 0 Å². The van der Waals surface area contributed by atoms with Crippen LogP contribution in [0.2, 0.25) is 10.0 Å². The second kappa shape index (κ2) is 12.7. The number of nitrogens with zero attached hydrogens (tertiary/aromatic N) is 1. The molecule has 0 fully saturated rings. The summed E-state index contributed by atoms with van der Waals surface area (Å²) in [5.41, 5.74) is 1.68. The smallest absolute Gasteiger partial charge is 0.243 e. The molecule has 7 heteroatoms. The fourth-order valence-electron chi connectivity index (χ4n) is 3.76. The molecule has 0 bridgehead atoms. The Morgan fingerprint density at radius 3 is 2.20 bits per heavy atom. The Balaban J connectivity index is 2.02. The van der Waals surface area contributed by atoms with Crippen molar-refractivity contribution in [3.8, 4) is 0 Å². The van der Waals surface area contributed by atoms with Gasteiger partial charge in [-0.3, -0.25) is 9.59 Å². The largest absolute Gasteiger partial charge is 0.352 e. The maximum absolute atomic E-state index is 14.6. The lowest BCUT2D eigenvalue weighted by molar-refractivity contribution is -0.141. The van der Waals surface area contributed by atoms with Crippen molar-refractivity contribution in [3.63, 3.8) is 0 Å². The monoisotopic (exact) mass is 514 g/mol. The first kappa shape index (κ1) is 26.7. The molecule has 2 atom stereocenters. The Bertz CT molecular complexity index is 1140. The molecule has 184 valence electrons. The summed E-state index contributed by atoms with van der Waals surface area (Å²) < 4.78 is 14.6. The molecular formula is C28H29Cl2FN2O2. The average molecular weight is 515 g/mol. The highest BCUT2D eigenvalue weighted by Crippen LogP contribution is 2.26. The van der Waals surface area contributed by atoms with E-state index in [1.165, 1.54) is 11.0 Å². The Morgan fingerprint density at radius 2 is 1.57 bits per heavy atom. The quantitative estimate of drug-likeness (QED) is 0.348. The normalized spacial score (nSPS) is 12.6. The Kier molecular flexibility index (Phi) is 9.70. The van der Waals surface area contributed by atoms with E-state index in [0.717, 1.165) is 12.0 Å². The molecule has 2 amide bonds. The van der Waals surface area contributed by atoms with Crippen LogP contribution < -0.4 is 5.32 Å². The van der Waals surface area contributed by atoms with Crippen LogP contribution in [0.4, 0.5) is 4.39 Å². The highest BCUT2D eigenvalue weighted by Gasteiger charge is 2.32. The van der Waals surface area contributed by atoms with Gasteiger partial charge < -0.3 is 10.2 Å². The van der Waals surface area contributed by atoms with E-state index in [9.17, 15) is 14.0 Å². The minimum Gasteiger partial charge on any atom is -0.352 e. The number of hydrogen-bond acceptors (Lipinski definition) is 2. The van der Waals surface area contributed by atoms with Crippen LogP contribution in [-0.2, 0) is 29.0 Å². The Hall–Kier alpha value is -2.89. The molecule has 3 rings (SSSR count). The van der Waals surface area contributed by atoms with Gasteiger partial charge in [-0.1, -0.05) is 84.7 Å². The lowest BCUT2D eigenvalue weighted by Gasteiger charge is -2.32. The number of hydrogen-bond donors (Lipinski definition) is 1. The summed E-state index contributed by atoms with van der Waals surface area (Å²) in [5, 5.41) is 3.72. The van der Waals surface area contributed by atoms with E-state index in [1.807, 2.05) is 44.2 Å². The highest BCUT2D eigenvalue weighted by atomic mass is 35.5. The molecule has 0 radical (unpaired) electrons. The van der Waals surface area contributed by atoms with E-state index in [4.69, 9.17) is 23.2 Å². The molecule has 1 N–H and O–H groups in total. The van der Waals surface area contributed by atoms with E-state index in [2.05, 4.69) is 5.32 Å². The maximum Gasteiger partial charge on any atom is 0.243 e. The molecule has 0 heterocycles. The predicted molar refractivity (Wildman–Crippen MR) is 139 cm³/mol. The van der Waals surface area contributed by atoms with Crippen molar-refractivity contribution in [1.82, 2.24) is 10.2 Å². The van der Waals surface area contributed by atoms with Crippen LogP contribution in [0.1, 0.15) is 37.0 Å². The van der Waals surface area contributed by atoms with E-state index >= 15 is 0 Å². The molecule has 0 saturated carbocycles. The first-order valence-corrected chi connectivity index (χ1v) is 12.4. The van der Waals surface area contributed by atoms with Gasteiger partial charge in [-0.15, -0.1) is 0 Å². The first-order valence-electron chi connectivity index (χ1n) is 11.6. The molecule has 3 aromatic rings. The minimum absolute atomic E-state index is 0.0704. The molecule has 3 aromatic carbocycles. The first-order chi connectivity index (χ1) is 16.8. The van der Waals surface area contributed by atoms with Crippen LogP contribution in [0, 0.1) is 5.82 Å². The Labute approximate surface area is 216 Å². The zero-order chi connectivity index (χ0) is 25.4. The van der Waals surface area contributed by atoms with E-state index in [-0.39, 0.29) is 37.2 Å². The highest BCUT2D eigenvalue weighted by molar-refractivity contribution is 6.36. The summed E-state index contributed by atoms with van der Waals surface area (Å²) in [5.74, 6) is -1.11. The fraction of sp³-hybridized carbons (Fsp3) is 0.286. The van der Waals surface area contributed by atoms with E-state index in [0.29, 0.717) is 21.2 Å². The minimum atomic E-state index is -0.861. The third kappa shape index (κ3) is 7.30. The fourth-order valence-corrected chi connectivity index (χ4v) is 4.29. The molecule has 0 aromatic heterocycles. The second-order valence-corrected chi connectivity index (χ2v) is 9.33. The van der Waals surface area contributed by atoms with Gasteiger partial charge in [0.2, 0.25) is 11.8 Å². The molecule has 2 unspecified atom stereocenters. The van der Waals surface area contributed by atoms with Gasteiger partial charge in [0.25, 0.3) is 0 Å². The average Bonchev–Trinajstić information content (AvgIpc) is 2.85. The van der Waals surface area contributed by atoms with Crippen molar-refractivity contribution < 1.29 is 14.0 Å². The van der Waals surface area contributed by atoms with Gasteiger partial charge in [-0.25, -0.2) is 4.39 Å². The molecule has 0 spiro atoms. The third-order valence-electron chi connectivity index (χ3n) is 5.96. The number of rotatable bonds is 10. The molecule has 35 heavy (non-hydrogen) atoms. The second-order valence-electron chi connectivity index (χ2n) is 8.51. The summed E-state index contributed by atoms with van der Waals surface area (Å²) in [7, 11) is 0. The number of carbonyl (C=O) groups excluding carboxylic acids is 2. The van der Waals surface area contributed by atoms with Crippen molar-refractivity contribution in [2.45, 2.75) is 51.7 Å². The molecule has 4 nitrogen and oxygen atoms in total. The van der Waals surface area contributed by atoms with Crippen LogP contribution in [0.5, 0.6) is 0 Å². The topological polar surface area (TPSA) is 49.4 Å². The van der Waals surface area contributed by atoms with E-state index < -0.39 is 11.9 Å². The number of carbonyl (C=O) groups is 2. The Morgan fingerprint density at radius 1 is 0.943 bits per heavy atom. The standard InChI is InChI=1S/C28H29Cl2FN2O2/c1-3-19(2)32-28(35)26(16-20-10-5-4-6-11-20)33(18-21-12-7-8-15-25(21)31)27(34)17-22-23(29)13-9-14-24(22)30/h4-15,19,26H,3,16-18H2,1-2H3,(H,32,35). The van der Waals surface area contributed by atoms with Gasteiger partial charge in [0.05, 0.1) is 6.42 Å². The van der Waals surface area contributed by atoms with E-state index in [1.54, 1.807) is 36.4 Å². The predicted octanol–water partition coefficient (Wildman–Crippen LogP) is 6.23. The van der Waals surface area contributed by atoms with Gasteiger partial charge in [-0.2, -0.15) is 0 Å². The molecular weight excluding hydrogens is 486 g/mol. The number of benzene rings is 3. The van der Waals surface area contributed by atoms with Crippen molar-refractivity contribution in [2.75, 3.05) is 0 Å². The van der Waals surface area contributed by atoms with Gasteiger partial charge in [0, 0.05) is 34.6 Å². The van der Waals surface area contributed by atoms with Crippen LogP contribution >= 0.6 is 23.2 Å². The number of nitrogens with one attached hydrogen (secondary N) is 1. The van der Waals surface area contributed by atoms with Gasteiger partial charge in [0.15, 0.2) is 0 Å². The zero-order valence-corrected chi connectivity index (χ0v) is 21.3. The van der Waals surface area contributed by atoms with Crippen LogP contribution in [0.3, 0.4) is 0 Å². The zero-order valence-electron chi connectivity index (χ0n) is 19.8. The van der Waals surface area contributed by atoms with Gasteiger partial charge in [0.1, 0.15) is 11.9 Å². The number of halogens is 3. The summed E-state index contributed by atoms with van der Waals surface area (Å²) in [6, 6.07) is 19.8. The molecule has 0 aliphatic heterocycles. The lowest BCUT2D eigenvalue weighted by Crippen LogP contribution is -2.52. The van der Waals surface area contributed by atoms with Crippen molar-refractivity contribution >= 4 is 35.0 Å². The third-order valence-corrected chi connectivity index (χ3v) is 6.67. The summed E-state index contributed by atoms with van der Waals surface area (Å²) in [6.45, 7) is 3.81.